The van der Waals surface area contributed by atoms with Crippen LogP contribution in [-0.2, 0) is 19.0 Å². The van der Waals surface area contributed by atoms with E-state index in [0.29, 0.717) is 6.61 Å². The fourth-order valence-corrected chi connectivity index (χ4v) is 0.866. The zero-order valence-electron chi connectivity index (χ0n) is 9.07. The van der Waals surface area contributed by atoms with Crippen molar-refractivity contribution in [3.8, 4) is 0 Å². The predicted molar refractivity (Wildman–Crippen MR) is 49.9 cm³/mol. The fourth-order valence-electron chi connectivity index (χ4n) is 0.866. The molecular weight excluding hydrogens is 188 g/mol. The number of esters is 1. The highest BCUT2D eigenvalue weighted by Gasteiger charge is 2.32. The first-order valence-corrected chi connectivity index (χ1v) is 4.35. The Morgan fingerprint density at radius 3 is 2.50 bits per heavy atom. The molecule has 14 heavy (non-hydrogen) atoms. The number of aliphatic hydroxyl groups is 1. The second kappa shape index (κ2) is 5.95. The Kier molecular flexibility index (Phi) is 5.68. The first-order valence-electron chi connectivity index (χ1n) is 4.35. The Bertz CT molecular complexity index is 178. The summed E-state index contributed by atoms with van der Waals surface area (Å²) in [6.45, 7) is 3.44. The molecule has 0 radical (unpaired) electrons. The predicted octanol–water partition coefficient (Wildman–Crippen LogP) is -0.0381. The summed E-state index contributed by atoms with van der Waals surface area (Å²) in [5.74, 6) is -0.706. The normalized spacial score (nSPS) is 17.2. The molecule has 5 nitrogen and oxygen atoms in total. The van der Waals surface area contributed by atoms with E-state index in [1.54, 1.807) is 14.0 Å². The summed E-state index contributed by atoms with van der Waals surface area (Å²) in [6.07, 6.45) is -0.170. The van der Waals surface area contributed by atoms with Crippen molar-refractivity contribution in [2.24, 2.45) is 0 Å². The highest BCUT2D eigenvalue weighted by atomic mass is 16.6. The number of hydrogen-bond donors (Lipinski definition) is 1. The first kappa shape index (κ1) is 13.4. The minimum atomic E-state index is -1.60. The molecule has 1 N–H and O–H groups in total. The third-order valence-corrected chi connectivity index (χ3v) is 1.68. The molecule has 0 bridgehead atoms. The Hall–Kier alpha value is -0.650. The second-order valence-corrected chi connectivity index (χ2v) is 3.34. The fraction of sp³-hybridized carbons (Fsp3) is 0.889. The van der Waals surface area contributed by atoms with Crippen molar-refractivity contribution >= 4 is 5.97 Å². The van der Waals surface area contributed by atoms with Crippen molar-refractivity contribution in [3.63, 3.8) is 0 Å². The molecule has 0 aliphatic heterocycles. The van der Waals surface area contributed by atoms with E-state index in [0.717, 1.165) is 0 Å². The van der Waals surface area contributed by atoms with Gasteiger partial charge in [-0.1, -0.05) is 0 Å². The molecule has 0 saturated heterocycles. The zero-order valence-corrected chi connectivity index (χ0v) is 9.07. The SMILES string of the molecule is COCC(C)OCC(C)(O)C(=O)OC. The summed E-state index contributed by atoms with van der Waals surface area (Å²) >= 11 is 0. The molecular formula is C9H18O5. The number of carbonyl (C=O) groups is 1. The average molecular weight is 206 g/mol. The number of ether oxygens (including phenoxy) is 3. The average Bonchev–Trinajstić information content (AvgIpc) is 2.14. The standard InChI is InChI=1S/C9H18O5/c1-7(5-12-3)14-6-9(2,11)8(10)13-4/h7,11H,5-6H2,1-4H3. The third-order valence-electron chi connectivity index (χ3n) is 1.68. The number of rotatable bonds is 6. The van der Waals surface area contributed by atoms with Crippen LogP contribution in [0.5, 0.6) is 0 Å². The summed E-state index contributed by atoms with van der Waals surface area (Å²) < 4.78 is 14.4. The molecule has 0 aromatic rings. The van der Waals surface area contributed by atoms with Crippen LogP contribution >= 0.6 is 0 Å². The highest BCUT2D eigenvalue weighted by molar-refractivity contribution is 5.78. The topological polar surface area (TPSA) is 65.0 Å². The van der Waals surface area contributed by atoms with Gasteiger partial charge < -0.3 is 19.3 Å². The molecule has 0 fully saturated rings. The molecule has 0 heterocycles. The van der Waals surface area contributed by atoms with E-state index in [1.165, 1.54) is 14.0 Å². The van der Waals surface area contributed by atoms with Gasteiger partial charge in [0.25, 0.3) is 0 Å². The lowest BCUT2D eigenvalue weighted by molar-refractivity contribution is -0.169. The van der Waals surface area contributed by atoms with E-state index >= 15 is 0 Å². The summed E-state index contributed by atoms with van der Waals surface area (Å²) in [5.41, 5.74) is -1.60. The van der Waals surface area contributed by atoms with Crippen LogP contribution in [0.4, 0.5) is 0 Å². The van der Waals surface area contributed by atoms with Gasteiger partial charge in [-0.2, -0.15) is 0 Å². The van der Waals surface area contributed by atoms with Gasteiger partial charge in [-0.3, -0.25) is 0 Å². The van der Waals surface area contributed by atoms with Crippen LogP contribution in [0.3, 0.4) is 0 Å². The van der Waals surface area contributed by atoms with Crippen molar-refractivity contribution in [1.82, 2.24) is 0 Å². The van der Waals surface area contributed by atoms with Gasteiger partial charge in [-0.05, 0) is 13.8 Å². The van der Waals surface area contributed by atoms with Gasteiger partial charge in [0, 0.05) is 7.11 Å². The molecule has 0 aromatic heterocycles. The summed E-state index contributed by atoms with van der Waals surface area (Å²) in [5, 5.41) is 9.56. The van der Waals surface area contributed by atoms with Gasteiger partial charge in [0.05, 0.1) is 26.4 Å². The van der Waals surface area contributed by atoms with Crippen LogP contribution < -0.4 is 0 Å². The van der Waals surface area contributed by atoms with Gasteiger partial charge in [-0.25, -0.2) is 4.79 Å². The Balaban J connectivity index is 3.92. The minimum Gasteiger partial charge on any atom is -0.467 e. The first-order chi connectivity index (χ1) is 6.44. The zero-order chi connectivity index (χ0) is 11.2. The lowest BCUT2D eigenvalue weighted by Gasteiger charge is -2.22. The minimum absolute atomic E-state index is 0.107. The van der Waals surface area contributed by atoms with Crippen LogP contribution in [0.25, 0.3) is 0 Å². The van der Waals surface area contributed by atoms with Crippen LogP contribution in [-0.4, -0.2) is 50.2 Å². The van der Waals surface area contributed by atoms with Crippen molar-refractivity contribution in [2.75, 3.05) is 27.4 Å². The molecule has 0 saturated carbocycles. The van der Waals surface area contributed by atoms with Crippen LogP contribution in [0.2, 0.25) is 0 Å². The third kappa shape index (κ3) is 4.55. The quantitative estimate of drug-likeness (QED) is 0.618. The van der Waals surface area contributed by atoms with Gasteiger partial charge in [-0.15, -0.1) is 0 Å². The molecule has 84 valence electrons. The maximum absolute atomic E-state index is 11.0. The van der Waals surface area contributed by atoms with Gasteiger partial charge in [0.1, 0.15) is 0 Å². The highest BCUT2D eigenvalue weighted by Crippen LogP contribution is 2.07. The number of methoxy groups -OCH3 is 2. The molecule has 0 aromatic carbocycles. The van der Waals surface area contributed by atoms with Crippen LogP contribution in [0.15, 0.2) is 0 Å². The maximum atomic E-state index is 11.0. The van der Waals surface area contributed by atoms with Crippen LogP contribution in [0, 0.1) is 0 Å². The van der Waals surface area contributed by atoms with Gasteiger partial charge >= 0.3 is 5.97 Å². The summed E-state index contributed by atoms with van der Waals surface area (Å²) in [4.78, 5) is 11.0. The van der Waals surface area contributed by atoms with Crippen molar-refractivity contribution < 1.29 is 24.1 Å². The lowest BCUT2D eigenvalue weighted by Crippen LogP contribution is -2.42. The molecule has 0 aliphatic rings. The van der Waals surface area contributed by atoms with Crippen molar-refractivity contribution in [3.05, 3.63) is 0 Å². The number of carbonyl (C=O) groups excluding carboxylic acids is 1. The smallest absolute Gasteiger partial charge is 0.339 e. The van der Waals surface area contributed by atoms with E-state index in [-0.39, 0.29) is 12.7 Å². The van der Waals surface area contributed by atoms with E-state index in [4.69, 9.17) is 9.47 Å². The van der Waals surface area contributed by atoms with E-state index in [2.05, 4.69) is 4.74 Å². The maximum Gasteiger partial charge on any atom is 0.339 e. The van der Waals surface area contributed by atoms with Gasteiger partial charge in [0.15, 0.2) is 5.60 Å². The molecule has 0 aliphatic carbocycles. The largest absolute Gasteiger partial charge is 0.467 e. The van der Waals surface area contributed by atoms with E-state index in [9.17, 15) is 9.90 Å². The summed E-state index contributed by atoms with van der Waals surface area (Å²) in [7, 11) is 2.77. The lowest BCUT2D eigenvalue weighted by atomic mass is 10.1. The molecule has 0 amide bonds. The second-order valence-electron chi connectivity index (χ2n) is 3.34. The molecule has 2 unspecified atom stereocenters. The van der Waals surface area contributed by atoms with Crippen molar-refractivity contribution in [2.45, 2.75) is 25.6 Å². The molecule has 0 rings (SSSR count). The van der Waals surface area contributed by atoms with Gasteiger partial charge in [0.2, 0.25) is 0 Å². The molecule has 2 atom stereocenters. The van der Waals surface area contributed by atoms with Crippen molar-refractivity contribution in [1.29, 1.82) is 0 Å². The Morgan fingerprint density at radius 2 is 2.07 bits per heavy atom. The summed E-state index contributed by atoms with van der Waals surface area (Å²) in [6, 6.07) is 0. The van der Waals surface area contributed by atoms with E-state index < -0.39 is 11.6 Å². The molecule has 0 spiro atoms. The number of hydrogen-bond acceptors (Lipinski definition) is 5. The van der Waals surface area contributed by atoms with Crippen LogP contribution in [0.1, 0.15) is 13.8 Å². The Labute approximate surface area is 84.0 Å². The monoisotopic (exact) mass is 206 g/mol. The Morgan fingerprint density at radius 1 is 1.50 bits per heavy atom. The van der Waals surface area contributed by atoms with E-state index in [1.807, 2.05) is 0 Å². The molecule has 5 heteroatoms.